The molecule has 0 aromatic heterocycles. The first-order valence-electron chi connectivity index (χ1n) is 3.20. The summed E-state index contributed by atoms with van der Waals surface area (Å²) in [4.78, 5) is 0. The first kappa shape index (κ1) is 11.0. The number of alkyl halides is 3. The average molecular weight is 233 g/mol. The van der Waals surface area contributed by atoms with E-state index in [2.05, 4.69) is 4.74 Å². The zero-order chi connectivity index (χ0) is 10.9. The van der Waals surface area contributed by atoms with Gasteiger partial charge in [0.25, 0.3) is 0 Å². The minimum absolute atomic E-state index is 0.592. The molecular formula is C7H2ClF5O. The van der Waals surface area contributed by atoms with Gasteiger partial charge in [0.05, 0.1) is 5.02 Å². The molecule has 0 unspecified atom stereocenters. The Morgan fingerprint density at radius 2 is 1.64 bits per heavy atom. The maximum Gasteiger partial charge on any atom is 0.573 e. The van der Waals surface area contributed by atoms with Gasteiger partial charge >= 0.3 is 6.36 Å². The number of halogens is 6. The van der Waals surface area contributed by atoms with Gasteiger partial charge in [0.1, 0.15) is 0 Å². The molecule has 1 aromatic rings. The molecule has 0 aliphatic heterocycles. The lowest BCUT2D eigenvalue weighted by Crippen LogP contribution is -2.18. The van der Waals surface area contributed by atoms with E-state index in [9.17, 15) is 22.0 Å². The number of rotatable bonds is 1. The molecule has 0 atom stereocenters. The molecular weight excluding hydrogens is 231 g/mol. The molecule has 14 heavy (non-hydrogen) atoms. The summed E-state index contributed by atoms with van der Waals surface area (Å²) >= 11 is 5.11. The molecule has 0 heterocycles. The minimum atomic E-state index is -5.07. The Hall–Kier alpha value is -1.04. The van der Waals surface area contributed by atoms with Crippen LogP contribution in [0.1, 0.15) is 0 Å². The predicted molar refractivity (Wildman–Crippen MR) is 38.1 cm³/mol. The third kappa shape index (κ3) is 2.47. The Bertz CT molecular complexity index is 349. The molecule has 0 saturated heterocycles. The molecule has 0 radical (unpaired) electrons. The Balaban J connectivity index is 3.06. The van der Waals surface area contributed by atoms with Crippen LogP contribution in [-0.2, 0) is 0 Å². The fourth-order valence-electron chi connectivity index (χ4n) is 0.712. The van der Waals surface area contributed by atoms with E-state index in [0.29, 0.717) is 6.07 Å². The predicted octanol–water partition coefficient (Wildman–Crippen LogP) is 3.52. The third-order valence-corrected chi connectivity index (χ3v) is 1.52. The third-order valence-electron chi connectivity index (χ3n) is 1.23. The van der Waals surface area contributed by atoms with Crippen LogP contribution >= 0.6 is 11.6 Å². The van der Waals surface area contributed by atoms with Gasteiger partial charge in [-0.05, 0) is 12.1 Å². The molecule has 0 saturated carbocycles. The van der Waals surface area contributed by atoms with Crippen molar-refractivity contribution >= 4 is 11.6 Å². The van der Waals surface area contributed by atoms with E-state index in [0.717, 1.165) is 6.07 Å². The SMILES string of the molecule is Fc1c(Cl)ccc(OC(F)(F)F)c1F. The highest BCUT2D eigenvalue weighted by atomic mass is 35.5. The Kier molecular flexibility index (Phi) is 2.84. The molecule has 7 heteroatoms. The summed E-state index contributed by atoms with van der Waals surface area (Å²) in [5, 5.41) is -0.614. The summed E-state index contributed by atoms with van der Waals surface area (Å²) in [6.07, 6.45) is -5.07. The van der Waals surface area contributed by atoms with Crippen molar-refractivity contribution in [3.8, 4) is 5.75 Å². The highest BCUT2D eigenvalue weighted by Crippen LogP contribution is 2.29. The van der Waals surface area contributed by atoms with E-state index in [4.69, 9.17) is 11.6 Å². The lowest BCUT2D eigenvalue weighted by atomic mass is 10.3. The lowest BCUT2D eigenvalue weighted by molar-refractivity contribution is -0.275. The summed E-state index contributed by atoms with van der Waals surface area (Å²) in [5.74, 6) is -4.59. The Labute approximate surface area is 80.0 Å². The average Bonchev–Trinajstić information content (AvgIpc) is 2.04. The molecule has 0 aliphatic rings. The second kappa shape index (κ2) is 3.61. The minimum Gasteiger partial charge on any atom is -0.403 e. The van der Waals surface area contributed by atoms with Gasteiger partial charge in [-0.1, -0.05) is 11.6 Å². The molecule has 0 N–H and O–H groups in total. The Morgan fingerprint density at radius 3 is 2.14 bits per heavy atom. The van der Waals surface area contributed by atoms with Crippen LogP contribution in [0.2, 0.25) is 5.02 Å². The molecule has 1 aromatic carbocycles. The first-order chi connectivity index (χ1) is 6.31. The van der Waals surface area contributed by atoms with E-state index >= 15 is 0 Å². The van der Waals surface area contributed by atoms with Crippen molar-refractivity contribution < 1.29 is 26.7 Å². The van der Waals surface area contributed by atoms with E-state index < -0.39 is 28.8 Å². The van der Waals surface area contributed by atoms with Crippen molar-refractivity contribution in [2.75, 3.05) is 0 Å². The van der Waals surface area contributed by atoms with E-state index in [1.807, 2.05) is 0 Å². The van der Waals surface area contributed by atoms with E-state index in [1.54, 1.807) is 0 Å². The summed E-state index contributed by atoms with van der Waals surface area (Å²) < 4.78 is 63.3. The molecule has 0 bridgehead atoms. The monoisotopic (exact) mass is 232 g/mol. The number of benzene rings is 1. The van der Waals surface area contributed by atoms with Gasteiger partial charge in [-0.2, -0.15) is 4.39 Å². The number of ether oxygens (including phenoxy) is 1. The van der Waals surface area contributed by atoms with Crippen LogP contribution < -0.4 is 4.74 Å². The molecule has 1 nitrogen and oxygen atoms in total. The van der Waals surface area contributed by atoms with Crippen LogP contribution in [0.25, 0.3) is 0 Å². The fourth-order valence-corrected chi connectivity index (χ4v) is 0.858. The quantitative estimate of drug-likeness (QED) is 0.532. The van der Waals surface area contributed by atoms with Gasteiger partial charge in [0.15, 0.2) is 11.6 Å². The van der Waals surface area contributed by atoms with Crippen LogP contribution in [0.4, 0.5) is 22.0 Å². The van der Waals surface area contributed by atoms with Gasteiger partial charge in [-0.3, -0.25) is 0 Å². The summed E-state index contributed by atoms with van der Waals surface area (Å²) in [7, 11) is 0. The van der Waals surface area contributed by atoms with Crippen LogP contribution in [0.15, 0.2) is 12.1 Å². The van der Waals surface area contributed by atoms with Crippen LogP contribution in [0.3, 0.4) is 0 Å². The van der Waals surface area contributed by atoms with Crippen molar-refractivity contribution in [3.63, 3.8) is 0 Å². The fraction of sp³-hybridized carbons (Fsp3) is 0.143. The number of hydrogen-bond donors (Lipinski definition) is 0. The van der Waals surface area contributed by atoms with Crippen molar-refractivity contribution in [2.24, 2.45) is 0 Å². The van der Waals surface area contributed by atoms with E-state index in [-0.39, 0.29) is 0 Å². The maximum absolute atomic E-state index is 12.7. The normalized spacial score (nSPS) is 11.6. The molecule has 0 spiro atoms. The summed E-state index contributed by atoms with van der Waals surface area (Å²) in [6, 6.07) is 1.36. The van der Waals surface area contributed by atoms with Crippen LogP contribution in [-0.4, -0.2) is 6.36 Å². The van der Waals surface area contributed by atoms with Crippen molar-refractivity contribution in [2.45, 2.75) is 6.36 Å². The van der Waals surface area contributed by atoms with Gasteiger partial charge in [-0.25, -0.2) is 4.39 Å². The smallest absolute Gasteiger partial charge is 0.403 e. The van der Waals surface area contributed by atoms with Gasteiger partial charge < -0.3 is 4.74 Å². The zero-order valence-electron chi connectivity index (χ0n) is 6.33. The van der Waals surface area contributed by atoms with Crippen LogP contribution in [0, 0.1) is 11.6 Å². The lowest BCUT2D eigenvalue weighted by Gasteiger charge is -2.09. The zero-order valence-corrected chi connectivity index (χ0v) is 7.09. The topological polar surface area (TPSA) is 9.23 Å². The summed E-state index contributed by atoms with van der Waals surface area (Å²) in [5.41, 5.74) is 0. The summed E-state index contributed by atoms with van der Waals surface area (Å²) in [6.45, 7) is 0. The molecule has 0 fully saturated rings. The maximum atomic E-state index is 12.7. The first-order valence-corrected chi connectivity index (χ1v) is 3.58. The second-order valence-electron chi connectivity index (χ2n) is 2.22. The standard InChI is InChI=1S/C7H2ClF5O/c8-3-1-2-4(6(10)5(3)9)14-7(11,12)13/h1-2H. The van der Waals surface area contributed by atoms with Gasteiger partial charge in [0, 0.05) is 0 Å². The van der Waals surface area contributed by atoms with Gasteiger partial charge in [-0.15, -0.1) is 13.2 Å². The molecule has 1 rings (SSSR count). The van der Waals surface area contributed by atoms with E-state index in [1.165, 1.54) is 0 Å². The highest BCUT2D eigenvalue weighted by Gasteiger charge is 2.33. The molecule has 0 aliphatic carbocycles. The second-order valence-corrected chi connectivity index (χ2v) is 2.63. The Morgan fingerprint density at radius 1 is 1.07 bits per heavy atom. The molecule has 0 amide bonds. The van der Waals surface area contributed by atoms with Crippen molar-refractivity contribution in [1.29, 1.82) is 0 Å². The van der Waals surface area contributed by atoms with Crippen molar-refractivity contribution in [3.05, 3.63) is 28.8 Å². The largest absolute Gasteiger partial charge is 0.573 e. The number of hydrogen-bond acceptors (Lipinski definition) is 1. The highest BCUT2D eigenvalue weighted by molar-refractivity contribution is 6.30. The van der Waals surface area contributed by atoms with Crippen LogP contribution in [0.5, 0.6) is 5.75 Å². The van der Waals surface area contributed by atoms with Gasteiger partial charge in [0.2, 0.25) is 5.82 Å². The molecule has 78 valence electrons. The van der Waals surface area contributed by atoms with Crippen molar-refractivity contribution in [1.82, 2.24) is 0 Å².